The summed E-state index contributed by atoms with van der Waals surface area (Å²) in [6.07, 6.45) is 4.70. The maximum absolute atomic E-state index is 12.3. The Kier molecular flexibility index (Phi) is 5.54. The maximum atomic E-state index is 12.3. The van der Waals surface area contributed by atoms with Crippen molar-refractivity contribution in [3.8, 4) is 0 Å². The number of imide groups is 1. The van der Waals surface area contributed by atoms with Crippen LogP contribution in [0, 0.1) is 0 Å². The number of hydrogen-bond acceptors (Lipinski definition) is 4. The van der Waals surface area contributed by atoms with Crippen LogP contribution in [0.1, 0.15) is 19.8 Å². The van der Waals surface area contributed by atoms with Gasteiger partial charge in [-0.3, -0.25) is 14.5 Å². The van der Waals surface area contributed by atoms with Gasteiger partial charge in [0.15, 0.2) is 0 Å². The fourth-order valence-electron chi connectivity index (χ4n) is 2.89. The van der Waals surface area contributed by atoms with Crippen LogP contribution < -0.4 is 0 Å². The highest BCUT2D eigenvalue weighted by Crippen LogP contribution is 2.22. The summed E-state index contributed by atoms with van der Waals surface area (Å²) in [5, 5.41) is 0. The third-order valence-corrected chi connectivity index (χ3v) is 4.13. The number of piperidine rings is 1. The minimum absolute atomic E-state index is 0.00601. The summed E-state index contributed by atoms with van der Waals surface area (Å²) in [5.41, 5.74) is 0. The third kappa shape index (κ3) is 3.47. The molecule has 0 aromatic heterocycles. The van der Waals surface area contributed by atoms with Crippen molar-refractivity contribution in [1.82, 2.24) is 14.7 Å². The van der Waals surface area contributed by atoms with Gasteiger partial charge in [-0.05, 0) is 25.8 Å². The van der Waals surface area contributed by atoms with E-state index in [1.54, 1.807) is 29.1 Å². The molecule has 7 nitrogen and oxygen atoms in total. The Morgan fingerprint density at radius 1 is 1.32 bits per heavy atom. The molecule has 0 aromatic rings. The summed E-state index contributed by atoms with van der Waals surface area (Å²) in [5.74, 6) is -0.166. The molecule has 0 atom stereocenters. The molecule has 2 heterocycles. The molecule has 22 heavy (non-hydrogen) atoms. The molecule has 0 spiro atoms. The van der Waals surface area contributed by atoms with Crippen molar-refractivity contribution in [2.75, 3.05) is 39.9 Å². The predicted octanol–water partition coefficient (Wildman–Crippen LogP) is 0.464. The molecule has 0 unspecified atom stereocenters. The van der Waals surface area contributed by atoms with Gasteiger partial charge in [-0.2, -0.15) is 0 Å². The summed E-state index contributed by atoms with van der Waals surface area (Å²) in [6.45, 7) is 3.82. The van der Waals surface area contributed by atoms with E-state index in [1.807, 2.05) is 6.92 Å². The first-order valence-corrected chi connectivity index (χ1v) is 7.60. The van der Waals surface area contributed by atoms with E-state index in [4.69, 9.17) is 4.74 Å². The second kappa shape index (κ2) is 7.40. The van der Waals surface area contributed by atoms with E-state index in [9.17, 15) is 14.4 Å². The lowest BCUT2D eigenvalue weighted by molar-refractivity contribution is -0.128. The Morgan fingerprint density at radius 2 is 2.00 bits per heavy atom. The van der Waals surface area contributed by atoms with Crippen molar-refractivity contribution < 1.29 is 19.1 Å². The molecule has 2 aliphatic heterocycles. The lowest BCUT2D eigenvalue weighted by atomic mass is 10.0. The molecule has 0 N–H and O–H groups in total. The molecule has 0 aliphatic carbocycles. The van der Waals surface area contributed by atoms with E-state index in [2.05, 4.69) is 0 Å². The first-order valence-electron chi connectivity index (χ1n) is 7.60. The van der Waals surface area contributed by atoms with Gasteiger partial charge in [-0.25, -0.2) is 4.79 Å². The third-order valence-electron chi connectivity index (χ3n) is 4.13. The molecule has 0 saturated carbocycles. The number of urea groups is 1. The Bertz CT molecular complexity index is 469. The Morgan fingerprint density at radius 3 is 2.59 bits per heavy atom. The molecule has 2 saturated heterocycles. The Balaban J connectivity index is 1.90. The number of carbonyl (C=O) groups excluding carboxylic acids is 3. The molecule has 0 aromatic carbocycles. The fraction of sp³-hybridized carbons (Fsp3) is 0.667. The second-order valence-corrected chi connectivity index (χ2v) is 5.51. The zero-order chi connectivity index (χ0) is 16.1. The standard InChI is InChI=1S/C15H23N3O4/c1-3-4-13(19)16-7-5-12(6-8-16)18-11-14(20)17(15(18)21)9-10-22-2/h3-4,12H,5-11H2,1-2H3/b4-3+. The lowest BCUT2D eigenvalue weighted by Crippen LogP contribution is -2.47. The number of nitrogens with zero attached hydrogens (tertiary/aromatic N) is 3. The second-order valence-electron chi connectivity index (χ2n) is 5.51. The van der Waals surface area contributed by atoms with Gasteiger partial charge in [0.1, 0.15) is 6.54 Å². The molecule has 7 heteroatoms. The zero-order valence-corrected chi connectivity index (χ0v) is 13.2. The summed E-state index contributed by atoms with van der Waals surface area (Å²) >= 11 is 0. The molecule has 122 valence electrons. The highest BCUT2D eigenvalue weighted by atomic mass is 16.5. The van der Waals surface area contributed by atoms with E-state index in [1.165, 1.54) is 4.90 Å². The fourth-order valence-corrected chi connectivity index (χ4v) is 2.89. The largest absolute Gasteiger partial charge is 0.383 e. The maximum Gasteiger partial charge on any atom is 0.327 e. The number of carbonyl (C=O) groups is 3. The van der Waals surface area contributed by atoms with E-state index in [0.29, 0.717) is 39.1 Å². The number of ether oxygens (including phenoxy) is 1. The van der Waals surface area contributed by atoms with Crippen LogP contribution in [-0.2, 0) is 14.3 Å². The van der Waals surface area contributed by atoms with E-state index in [-0.39, 0.29) is 30.4 Å². The molecule has 0 radical (unpaired) electrons. The zero-order valence-electron chi connectivity index (χ0n) is 13.2. The topological polar surface area (TPSA) is 70.2 Å². The molecule has 2 rings (SSSR count). The van der Waals surface area contributed by atoms with E-state index in [0.717, 1.165) is 0 Å². The summed E-state index contributed by atoms with van der Waals surface area (Å²) < 4.78 is 4.93. The molecule has 2 aliphatic rings. The van der Waals surface area contributed by atoms with Gasteiger partial charge >= 0.3 is 6.03 Å². The molecule has 0 bridgehead atoms. The Hall–Kier alpha value is -1.89. The number of amides is 4. The summed E-state index contributed by atoms with van der Waals surface area (Å²) in [4.78, 5) is 40.7. The minimum Gasteiger partial charge on any atom is -0.383 e. The summed E-state index contributed by atoms with van der Waals surface area (Å²) in [7, 11) is 1.54. The van der Waals surface area contributed by atoms with Crippen LogP contribution in [0.25, 0.3) is 0 Å². The number of hydrogen-bond donors (Lipinski definition) is 0. The van der Waals surface area contributed by atoms with E-state index < -0.39 is 0 Å². The molecular formula is C15H23N3O4. The van der Waals surface area contributed by atoms with Crippen molar-refractivity contribution in [3.63, 3.8) is 0 Å². The quantitative estimate of drug-likeness (QED) is 0.546. The van der Waals surface area contributed by atoms with Gasteiger partial charge in [-0.1, -0.05) is 6.08 Å². The Labute approximate surface area is 130 Å². The predicted molar refractivity (Wildman–Crippen MR) is 80.1 cm³/mol. The molecule has 2 fully saturated rings. The number of allylic oxidation sites excluding steroid dienone is 1. The minimum atomic E-state index is -0.236. The number of likely N-dealkylation sites (tertiary alicyclic amines) is 1. The van der Waals surface area contributed by atoms with Crippen LogP contribution in [0.3, 0.4) is 0 Å². The highest BCUT2D eigenvalue weighted by molar-refractivity contribution is 6.02. The van der Waals surface area contributed by atoms with Crippen molar-refractivity contribution in [3.05, 3.63) is 12.2 Å². The lowest BCUT2D eigenvalue weighted by Gasteiger charge is -2.35. The van der Waals surface area contributed by atoms with Gasteiger partial charge in [0, 0.05) is 26.2 Å². The van der Waals surface area contributed by atoms with Crippen LogP contribution in [-0.4, -0.2) is 78.5 Å². The summed E-state index contributed by atoms with van der Waals surface area (Å²) in [6, 6.07) is -0.209. The average Bonchev–Trinajstić information content (AvgIpc) is 2.80. The number of methoxy groups -OCH3 is 1. The van der Waals surface area contributed by atoms with Gasteiger partial charge in [0.25, 0.3) is 0 Å². The number of rotatable bonds is 5. The SMILES string of the molecule is C/C=C/C(=O)N1CCC(N2CC(=O)N(CCOC)C2=O)CC1. The van der Waals surface area contributed by atoms with Crippen LogP contribution in [0.5, 0.6) is 0 Å². The van der Waals surface area contributed by atoms with Crippen LogP contribution in [0.4, 0.5) is 4.79 Å². The van der Waals surface area contributed by atoms with Crippen molar-refractivity contribution in [2.24, 2.45) is 0 Å². The first kappa shape index (κ1) is 16.5. The van der Waals surface area contributed by atoms with Crippen molar-refractivity contribution in [2.45, 2.75) is 25.8 Å². The van der Waals surface area contributed by atoms with Crippen molar-refractivity contribution >= 4 is 17.8 Å². The average molecular weight is 309 g/mol. The first-order chi connectivity index (χ1) is 10.6. The monoisotopic (exact) mass is 309 g/mol. The van der Waals surface area contributed by atoms with Crippen LogP contribution in [0.2, 0.25) is 0 Å². The van der Waals surface area contributed by atoms with Crippen LogP contribution >= 0.6 is 0 Å². The molecular weight excluding hydrogens is 286 g/mol. The van der Waals surface area contributed by atoms with Gasteiger partial charge in [0.05, 0.1) is 13.2 Å². The van der Waals surface area contributed by atoms with Crippen LogP contribution in [0.15, 0.2) is 12.2 Å². The normalized spacial score (nSPS) is 20.5. The van der Waals surface area contributed by atoms with Crippen molar-refractivity contribution in [1.29, 1.82) is 0 Å². The van der Waals surface area contributed by atoms with E-state index >= 15 is 0 Å². The highest BCUT2D eigenvalue weighted by Gasteiger charge is 2.40. The molecule has 4 amide bonds. The smallest absolute Gasteiger partial charge is 0.327 e. The van der Waals surface area contributed by atoms with Gasteiger partial charge < -0.3 is 14.5 Å². The van der Waals surface area contributed by atoms with Gasteiger partial charge in [-0.15, -0.1) is 0 Å². The van der Waals surface area contributed by atoms with Gasteiger partial charge in [0.2, 0.25) is 11.8 Å².